The molecule has 1 aromatic rings. The number of rotatable bonds is 1. The molecule has 3 rings (SSSR count). The zero-order chi connectivity index (χ0) is 15.7. The average Bonchev–Trinajstić information content (AvgIpc) is 2.72. The standard InChI is InChI=1S/C15H17ClFN3O2/c16-10-2-3-12(17)11(8-10)15(22)20-6-1-5-19-7-4-18-14(21)13(19)9-20/h2-3,8,13H,1,4-7,9H2,(H,18,21). The van der Waals surface area contributed by atoms with Gasteiger partial charge in [-0.1, -0.05) is 11.6 Å². The van der Waals surface area contributed by atoms with E-state index in [0.29, 0.717) is 18.1 Å². The van der Waals surface area contributed by atoms with E-state index in [2.05, 4.69) is 10.2 Å². The van der Waals surface area contributed by atoms with E-state index in [9.17, 15) is 14.0 Å². The number of piperazine rings is 1. The maximum atomic E-state index is 13.9. The Hall–Kier alpha value is -1.66. The van der Waals surface area contributed by atoms with E-state index in [0.717, 1.165) is 19.5 Å². The van der Waals surface area contributed by atoms with Gasteiger partial charge < -0.3 is 10.2 Å². The molecule has 2 saturated heterocycles. The molecule has 1 aromatic carbocycles. The molecule has 2 heterocycles. The van der Waals surface area contributed by atoms with E-state index < -0.39 is 11.7 Å². The lowest BCUT2D eigenvalue weighted by Gasteiger charge is -2.34. The van der Waals surface area contributed by atoms with Crippen molar-refractivity contribution >= 4 is 23.4 Å². The van der Waals surface area contributed by atoms with Crippen LogP contribution in [-0.2, 0) is 4.79 Å². The first-order valence-electron chi connectivity index (χ1n) is 7.32. The van der Waals surface area contributed by atoms with Gasteiger partial charge in [0.15, 0.2) is 0 Å². The van der Waals surface area contributed by atoms with E-state index in [1.54, 1.807) is 4.90 Å². The molecule has 0 aromatic heterocycles. The summed E-state index contributed by atoms with van der Waals surface area (Å²) in [4.78, 5) is 28.2. The summed E-state index contributed by atoms with van der Waals surface area (Å²) < 4.78 is 13.9. The normalized spacial score (nSPS) is 22.7. The van der Waals surface area contributed by atoms with Gasteiger partial charge in [-0.15, -0.1) is 0 Å². The van der Waals surface area contributed by atoms with Crippen LogP contribution >= 0.6 is 11.6 Å². The first kappa shape index (κ1) is 15.2. The average molecular weight is 326 g/mol. The van der Waals surface area contributed by atoms with Crippen molar-refractivity contribution in [3.05, 3.63) is 34.6 Å². The van der Waals surface area contributed by atoms with Gasteiger partial charge >= 0.3 is 0 Å². The maximum absolute atomic E-state index is 13.9. The van der Waals surface area contributed by atoms with E-state index in [-0.39, 0.29) is 24.1 Å². The molecule has 0 aliphatic carbocycles. The van der Waals surface area contributed by atoms with Crippen molar-refractivity contribution in [2.75, 3.05) is 32.7 Å². The fourth-order valence-electron chi connectivity index (χ4n) is 3.01. The summed E-state index contributed by atoms with van der Waals surface area (Å²) in [5, 5.41) is 3.13. The molecule has 5 nitrogen and oxygen atoms in total. The number of amides is 2. The minimum Gasteiger partial charge on any atom is -0.353 e. The van der Waals surface area contributed by atoms with Crippen molar-refractivity contribution in [3.8, 4) is 0 Å². The molecule has 1 atom stereocenters. The lowest BCUT2D eigenvalue weighted by molar-refractivity contribution is -0.128. The van der Waals surface area contributed by atoms with Crippen LogP contribution in [0.4, 0.5) is 4.39 Å². The number of carbonyl (C=O) groups is 2. The molecule has 0 radical (unpaired) electrons. The number of hydrogen-bond acceptors (Lipinski definition) is 3. The van der Waals surface area contributed by atoms with Crippen molar-refractivity contribution < 1.29 is 14.0 Å². The van der Waals surface area contributed by atoms with Gasteiger partial charge in [-0.3, -0.25) is 14.5 Å². The molecule has 1 unspecified atom stereocenters. The monoisotopic (exact) mass is 325 g/mol. The molecule has 22 heavy (non-hydrogen) atoms. The lowest BCUT2D eigenvalue weighted by atomic mass is 10.1. The Kier molecular flexibility index (Phi) is 4.31. The highest BCUT2D eigenvalue weighted by atomic mass is 35.5. The summed E-state index contributed by atoms with van der Waals surface area (Å²) >= 11 is 5.86. The largest absolute Gasteiger partial charge is 0.353 e. The Bertz CT molecular complexity index is 610. The quantitative estimate of drug-likeness (QED) is 0.842. The van der Waals surface area contributed by atoms with Gasteiger partial charge in [0.05, 0.1) is 5.56 Å². The second kappa shape index (κ2) is 6.22. The third kappa shape index (κ3) is 2.94. The summed E-state index contributed by atoms with van der Waals surface area (Å²) in [5.74, 6) is -1.08. The van der Waals surface area contributed by atoms with E-state index in [1.165, 1.54) is 18.2 Å². The molecule has 0 saturated carbocycles. The number of benzene rings is 1. The van der Waals surface area contributed by atoms with Gasteiger partial charge in [-0.2, -0.15) is 0 Å². The minimum atomic E-state index is -0.594. The van der Waals surface area contributed by atoms with E-state index >= 15 is 0 Å². The van der Waals surface area contributed by atoms with Crippen molar-refractivity contribution in [3.63, 3.8) is 0 Å². The first-order valence-corrected chi connectivity index (χ1v) is 7.70. The Balaban J connectivity index is 1.83. The molecule has 0 spiro atoms. The summed E-state index contributed by atoms with van der Waals surface area (Å²) in [5.41, 5.74) is -0.0443. The Morgan fingerprint density at radius 3 is 2.95 bits per heavy atom. The fourth-order valence-corrected chi connectivity index (χ4v) is 3.18. The predicted molar refractivity (Wildman–Crippen MR) is 80.3 cm³/mol. The number of halogens is 2. The Labute approximate surface area is 133 Å². The van der Waals surface area contributed by atoms with Gasteiger partial charge in [0.2, 0.25) is 5.91 Å². The highest BCUT2D eigenvalue weighted by Gasteiger charge is 2.35. The number of nitrogens with one attached hydrogen (secondary N) is 1. The van der Waals surface area contributed by atoms with Crippen LogP contribution in [0.3, 0.4) is 0 Å². The van der Waals surface area contributed by atoms with Crippen molar-refractivity contribution in [2.45, 2.75) is 12.5 Å². The zero-order valence-corrected chi connectivity index (χ0v) is 12.8. The topological polar surface area (TPSA) is 52.7 Å². The fraction of sp³-hybridized carbons (Fsp3) is 0.467. The number of hydrogen-bond donors (Lipinski definition) is 1. The van der Waals surface area contributed by atoms with Gasteiger partial charge in [0.25, 0.3) is 5.91 Å². The van der Waals surface area contributed by atoms with Gasteiger partial charge in [0.1, 0.15) is 11.9 Å². The Morgan fingerprint density at radius 2 is 2.14 bits per heavy atom. The summed E-state index contributed by atoms with van der Waals surface area (Å²) in [6.45, 7) is 2.96. The smallest absolute Gasteiger partial charge is 0.256 e. The summed E-state index contributed by atoms with van der Waals surface area (Å²) in [6.07, 6.45) is 0.762. The van der Waals surface area contributed by atoms with Crippen LogP contribution in [0.5, 0.6) is 0 Å². The van der Waals surface area contributed by atoms with Gasteiger partial charge in [-0.25, -0.2) is 4.39 Å². The maximum Gasteiger partial charge on any atom is 0.256 e. The zero-order valence-electron chi connectivity index (χ0n) is 12.0. The molecular formula is C15H17ClFN3O2. The van der Waals surface area contributed by atoms with Crippen molar-refractivity contribution in [1.82, 2.24) is 15.1 Å². The highest BCUT2D eigenvalue weighted by molar-refractivity contribution is 6.31. The molecular weight excluding hydrogens is 309 g/mol. The van der Waals surface area contributed by atoms with Crippen LogP contribution < -0.4 is 5.32 Å². The molecule has 2 aliphatic rings. The number of fused-ring (bicyclic) bond motifs is 1. The molecule has 1 N–H and O–H groups in total. The van der Waals surface area contributed by atoms with Crippen LogP contribution in [0, 0.1) is 5.82 Å². The minimum absolute atomic E-state index is 0.0443. The molecule has 0 bridgehead atoms. The van der Waals surface area contributed by atoms with Crippen LogP contribution in [0.25, 0.3) is 0 Å². The van der Waals surface area contributed by atoms with Crippen LogP contribution in [-0.4, -0.2) is 60.4 Å². The highest BCUT2D eigenvalue weighted by Crippen LogP contribution is 2.19. The van der Waals surface area contributed by atoms with E-state index in [4.69, 9.17) is 11.6 Å². The number of carbonyl (C=O) groups excluding carboxylic acids is 2. The van der Waals surface area contributed by atoms with Gasteiger partial charge in [0, 0.05) is 37.7 Å². The van der Waals surface area contributed by atoms with Crippen molar-refractivity contribution in [2.24, 2.45) is 0 Å². The molecule has 2 aliphatic heterocycles. The SMILES string of the molecule is O=C1NCCN2CCCN(C(=O)c3cc(Cl)ccc3F)CC12. The molecule has 2 amide bonds. The van der Waals surface area contributed by atoms with Crippen molar-refractivity contribution in [1.29, 1.82) is 0 Å². The third-order valence-electron chi connectivity index (χ3n) is 4.15. The lowest BCUT2D eigenvalue weighted by Crippen LogP contribution is -2.58. The van der Waals surface area contributed by atoms with Crippen LogP contribution in [0.2, 0.25) is 5.02 Å². The number of nitrogens with zero attached hydrogens (tertiary/aromatic N) is 2. The van der Waals surface area contributed by atoms with Gasteiger partial charge in [-0.05, 0) is 24.6 Å². The summed E-state index contributed by atoms with van der Waals surface area (Å²) in [7, 11) is 0. The second-order valence-electron chi connectivity index (χ2n) is 5.57. The second-order valence-corrected chi connectivity index (χ2v) is 6.01. The predicted octanol–water partition coefficient (Wildman–Crippen LogP) is 1.13. The summed E-state index contributed by atoms with van der Waals surface area (Å²) in [6, 6.07) is 3.57. The molecule has 2 fully saturated rings. The Morgan fingerprint density at radius 1 is 1.32 bits per heavy atom. The first-order chi connectivity index (χ1) is 10.6. The molecule has 7 heteroatoms. The third-order valence-corrected chi connectivity index (χ3v) is 4.39. The van der Waals surface area contributed by atoms with E-state index in [1.807, 2.05) is 0 Å². The molecule has 118 valence electrons. The van der Waals surface area contributed by atoms with Crippen LogP contribution in [0.15, 0.2) is 18.2 Å². The van der Waals surface area contributed by atoms with Crippen LogP contribution in [0.1, 0.15) is 16.8 Å².